The van der Waals surface area contributed by atoms with Crippen molar-refractivity contribution < 1.29 is 14.3 Å². The van der Waals surface area contributed by atoms with E-state index in [2.05, 4.69) is 15.2 Å². The summed E-state index contributed by atoms with van der Waals surface area (Å²) in [6.45, 7) is 3.89. The number of nitrogen functional groups attached to an aromatic ring is 1. The van der Waals surface area contributed by atoms with Crippen LogP contribution in [-0.4, -0.2) is 34.8 Å². The van der Waals surface area contributed by atoms with Gasteiger partial charge in [0.25, 0.3) is 5.91 Å². The number of nitrogens with two attached hydrogens (primary N) is 1. The van der Waals surface area contributed by atoms with Crippen LogP contribution in [0.4, 0.5) is 5.69 Å². The second-order valence-corrected chi connectivity index (χ2v) is 3.48. The number of esters is 1. The highest BCUT2D eigenvalue weighted by Crippen LogP contribution is 2.10. The minimum atomic E-state index is -0.730. The number of aryl methyl sites for hydroxylation is 1. The van der Waals surface area contributed by atoms with Crippen LogP contribution in [0.25, 0.3) is 0 Å². The van der Waals surface area contributed by atoms with E-state index < -0.39 is 17.9 Å². The van der Waals surface area contributed by atoms with Gasteiger partial charge in [-0.25, -0.2) is 4.79 Å². The predicted octanol–water partition coefficient (Wildman–Crippen LogP) is -0.224. The number of aromatic nitrogens is 2. The van der Waals surface area contributed by atoms with E-state index in [0.29, 0.717) is 6.54 Å². The lowest BCUT2D eigenvalue weighted by Gasteiger charge is -2.12. The SMILES string of the molecule is CCn1ncc(N)c1C(=O)NC(C)C(=O)OC. The maximum absolute atomic E-state index is 11.9. The summed E-state index contributed by atoms with van der Waals surface area (Å²) in [4.78, 5) is 23.0. The maximum Gasteiger partial charge on any atom is 0.328 e. The lowest BCUT2D eigenvalue weighted by molar-refractivity contribution is -0.142. The standard InChI is InChI=1S/C10H16N4O3/c1-4-14-8(7(11)5-12-14)9(15)13-6(2)10(16)17-3/h5-6H,4,11H2,1-3H3,(H,13,15). The van der Waals surface area contributed by atoms with Gasteiger partial charge in [-0.1, -0.05) is 0 Å². The summed E-state index contributed by atoms with van der Waals surface area (Å²) >= 11 is 0. The zero-order chi connectivity index (χ0) is 13.0. The van der Waals surface area contributed by atoms with Crippen molar-refractivity contribution in [1.29, 1.82) is 0 Å². The Morgan fingerprint density at radius 3 is 2.82 bits per heavy atom. The summed E-state index contributed by atoms with van der Waals surface area (Å²) < 4.78 is 5.98. The van der Waals surface area contributed by atoms with Crippen molar-refractivity contribution in [2.45, 2.75) is 26.4 Å². The van der Waals surface area contributed by atoms with Gasteiger partial charge >= 0.3 is 5.97 Å². The lowest BCUT2D eigenvalue weighted by atomic mass is 10.3. The summed E-state index contributed by atoms with van der Waals surface area (Å²) in [7, 11) is 1.26. The Morgan fingerprint density at radius 1 is 1.65 bits per heavy atom. The minimum Gasteiger partial charge on any atom is -0.467 e. The van der Waals surface area contributed by atoms with Crippen LogP contribution in [-0.2, 0) is 16.1 Å². The number of hydrogen-bond acceptors (Lipinski definition) is 5. The zero-order valence-corrected chi connectivity index (χ0v) is 10.1. The van der Waals surface area contributed by atoms with Gasteiger partial charge in [0.2, 0.25) is 0 Å². The molecule has 1 unspecified atom stereocenters. The third-order valence-electron chi connectivity index (χ3n) is 2.28. The second kappa shape index (κ2) is 5.33. The van der Waals surface area contributed by atoms with Crippen molar-refractivity contribution >= 4 is 17.6 Å². The van der Waals surface area contributed by atoms with Crippen LogP contribution in [0.3, 0.4) is 0 Å². The number of anilines is 1. The van der Waals surface area contributed by atoms with Gasteiger partial charge in [-0.15, -0.1) is 0 Å². The largest absolute Gasteiger partial charge is 0.467 e. The molecular formula is C10H16N4O3. The van der Waals surface area contributed by atoms with E-state index in [-0.39, 0.29) is 11.4 Å². The van der Waals surface area contributed by atoms with Crippen LogP contribution in [0.15, 0.2) is 6.20 Å². The first-order valence-electron chi connectivity index (χ1n) is 5.21. The van der Waals surface area contributed by atoms with Crippen LogP contribution in [0.1, 0.15) is 24.3 Å². The van der Waals surface area contributed by atoms with E-state index >= 15 is 0 Å². The Balaban J connectivity index is 2.83. The molecule has 0 spiro atoms. The molecule has 0 fully saturated rings. The Hall–Kier alpha value is -2.05. The van der Waals surface area contributed by atoms with Gasteiger partial charge in [-0.05, 0) is 13.8 Å². The smallest absolute Gasteiger partial charge is 0.328 e. The van der Waals surface area contributed by atoms with Gasteiger partial charge in [0, 0.05) is 6.54 Å². The number of carbonyl (C=O) groups is 2. The minimum absolute atomic E-state index is 0.253. The Bertz CT molecular complexity index is 427. The van der Waals surface area contributed by atoms with Gasteiger partial charge in [0.05, 0.1) is 19.0 Å². The molecular weight excluding hydrogens is 224 g/mol. The molecule has 94 valence electrons. The van der Waals surface area contributed by atoms with Gasteiger partial charge in [-0.2, -0.15) is 5.10 Å². The molecule has 17 heavy (non-hydrogen) atoms. The number of methoxy groups -OCH3 is 1. The highest BCUT2D eigenvalue weighted by atomic mass is 16.5. The topological polar surface area (TPSA) is 99.2 Å². The number of carbonyl (C=O) groups excluding carboxylic acids is 2. The van der Waals surface area contributed by atoms with Crippen LogP contribution in [0, 0.1) is 0 Å². The molecule has 0 saturated heterocycles. The Kier molecular flexibility index (Phi) is 4.08. The summed E-state index contributed by atoms with van der Waals surface area (Å²) in [5.74, 6) is -0.959. The van der Waals surface area contributed by atoms with Crippen molar-refractivity contribution in [2.24, 2.45) is 0 Å². The number of nitrogens with zero attached hydrogens (tertiary/aromatic N) is 2. The third kappa shape index (κ3) is 2.74. The normalized spacial score (nSPS) is 11.9. The Labute approximate surface area is 98.9 Å². The van der Waals surface area contributed by atoms with Crippen LogP contribution >= 0.6 is 0 Å². The molecule has 1 aromatic rings. The highest BCUT2D eigenvalue weighted by molar-refractivity contribution is 5.99. The maximum atomic E-state index is 11.9. The molecule has 1 rings (SSSR count). The molecule has 1 amide bonds. The quantitative estimate of drug-likeness (QED) is 0.708. The zero-order valence-electron chi connectivity index (χ0n) is 10.1. The molecule has 0 aliphatic rings. The van der Waals surface area contributed by atoms with Gasteiger partial charge in [-0.3, -0.25) is 9.48 Å². The molecule has 0 aliphatic heterocycles. The summed E-state index contributed by atoms with van der Waals surface area (Å²) in [5.41, 5.74) is 6.17. The lowest BCUT2D eigenvalue weighted by Crippen LogP contribution is -2.40. The Morgan fingerprint density at radius 2 is 2.29 bits per heavy atom. The number of nitrogens with one attached hydrogen (secondary N) is 1. The molecule has 0 aromatic carbocycles. The molecule has 1 aromatic heterocycles. The number of ether oxygens (including phenoxy) is 1. The van der Waals surface area contributed by atoms with E-state index in [4.69, 9.17) is 5.73 Å². The van der Waals surface area contributed by atoms with E-state index in [9.17, 15) is 9.59 Å². The first kappa shape index (κ1) is 13.0. The number of amides is 1. The fourth-order valence-electron chi connectivity index (χ4n) is 1.39. The van der Waals surface area contributed by atoms with Gasteiger partial charge < -0.3 is 15.8 Å². The average molecular weight is 240 g/mol. The molecule has 0 bridgehead atoms. The van der Waals surface area contributed by atoms with E-state index in [0.717, 1.165) is 0 Å². The molecule has 7 heteroatoms. The van der Waals surface area contributed by atoms with Crippen molar-refractivity contribution in [3.05, 3.63) is 11.9 Å². The average Bonchev–Trinajstić information content (AvgIpc) is 2.69. The van der Waals surface area contributed by atoms with Crippen molar-refractivity contribution in [1.82, 2.24) is 15.1 Å². The molecule has 0 radical (unpaired) electrons. The van der Waals surface area contributed by atoms with Crippen molar-refractivity contribution in [2.75, 3.05) is 12.8 Å². The molecule has 1 atom stereocenters. The van der Waals surface area contributed by atoms with E-state index in [1.165, 1.54) is 24.9 Å². The van der Waals surface area contributed by atoms with Crippen LogP contribution in [0.5, 0.6) is 0 Å². The first-order valence-corrected chi connectivity index (χ1v) is 5.21. The van der Waals surface area contributed by atoms with Crippen LogP contribution < -0.4 is 11.1 Å². The first-order chi connectivity index (χ1) is 8.01. The summed E-state index contributed by atoms with van der Waals surface area (Å²) in [5, 5.41) is 6.44. The van der Waals surface area contributed by atoms with Crippen molar-refractivity contribution in [3.63, 3.8) is 0 Å². The molecule has 7 nitrogen and oxygen atoms in total. The summed E-state index contributed by atoms with van der Waals surface area (Å²) in [6, 6.07) is -0.730. The molecule has 1 heterocycles. The van der Waals surface area contributed by atoms with Crippen LogP contribution in [0.2, 0.25) is 0 Å². The van der Waals surface area contributed by atoms with Gasteiger partial charge in [0.15, 0.2) is 0 Å². The summed E-state index contributed by atoms with van der Waals surface area (Å²) in [6.07, 6.45) is 1.40. The fraction of sp³-hybridized carbons (Fsp3) is 0.500. The molecule has 0 saturated carbocycles. The number of rotatable bonds is 4. The second-order valence-electron chi connectivity index (χ2n) is 3.48. The van der Waals surface area contributed by atoms with E-state index in [1.54, 1.807) is 0 Å². The van der Waals surface area contributed by atoms with E-state index in [1.807, 2.05) is 6.92 Å². The number of hydrogen-bond donors (Lipinski definition) is 2. The monoisotopic (exact) mass is 240 g/mol. The molecule has 3 N–H and O–H groups in total. The fourth-order valence-corrected chi connectivity index (χ4v) is 1.39. The van der Waals surface area contributed by atoms with Crippen molar-refractivity contribution in [3.8, 4) is 0 Å². The molecule has 0 aliphatic carbocycles. The van der Waals surface area contributed by atoms with Gasteiger partial charge in [0.1, 0.15) is 11.7 Å². The predicted molar refractivity (Wildman–Crippen MR) is 61.3 cm³/mol. The highest BCUT2D eigenvalue weighted by Gasteiger charge is 2.21. The third-order valence-corrected chi connectivity index (χ3v) is 2.28.